The predicted octanol–water partition coefficient (Wildman–Crippen LogP) is 2.95. The van der Waals surface area contributed by atoms with E-state index in [0.29, 0.717) is 25.3 Å². The first kappa shape index (κ1) is 19.9. The van der Waals surface area contributed by atoms with Gasteiger partial charge >= 0.3 is 0 Å². The van der Waals surface area contributed by atoms with Gasteiger partial charge in [-0.3, -0.25) is 4.79 Å². The highest BCUT2D eigenvalue weighted by Crippen LogP contribution is 2.19. The molecule has 2 aromatic carbocycles. The summed E-state index contributed by atoms with van der Waals surface area (Å²) in [5, 5.41) is 2.60. The summed E-state index contributed by atoms with van der Waals surface area (Å²) in [4.78, 5) is 11.2. The van der Waals surface area contributed by atoms with Crippen LogP contribution in [0.15, 0.2) is 53.4 Å². The van der Waals surface area contributed by atoms with E-state index in [9.17, 15) is 13.2 Å². The Labute approximate surface area is 154 Å². The van der Waals surface area contributed by atoms with Crippen LogP contribution in [0.1, 0.15) is 25.8 Å². The molecular formula is C19H24N2O4S. The number of carbonyl (C=O) groups is 1. The first-order valence-electron chi connectivity index (χ1n) is 8.50. The van der Waals surface area contributed by atoms with E-state index >= 15 is 0 Å². The molecule has 0 aliphatic rings. The fourth-order valence-electron chi connectivity index (χ4n) is 2.50. The third kappa shape index (κ3) is 5.86. The van der Waals surface area contributed by atoms with Crippen LogP contribution in [0.3, 0.4) is 0 Å². The van der Waals surface area contributed by atoms with Crippen molar-refractivity contribution in [1.82, 2.24) is 4.72 Å². The summed E-state index contributed by atoms with van der Waals surface area (Å²) < 4.78 is 32.8. The van der Waals surface area contributed by atoms with Gasteiger partial charge in [0.25, 0.3) is 0 Å². The summed E-state index contributed by atoms with van der Waals surface area (Å²) in [5.41, 5.74) is 1.62. The Hall–Kier alpha value is -2.38. The Balaban J connectivity index is 1.89. The number of carbonyl (C=O) groups excluding carboxylic acids is 1. The van der Waals surface area contributed by atoms with Gasteiger partial charge in [0.1, 0.15) is 5.75 Å². The molecule has 26 heavy (non-hydrogen) atoms. The van der Waals surface area contributed by atoms with Crippen LogP contribution in [0, 0.1) is 0 Å². The smallest absolute Gasteiger partial charge is 0.240 e. The third-order valence-corrected chi connectivity index (χ3v) is 5.15. The van der Waals surface area contributed by atoms with Gasteiger partial charge in [0, 0.05) is 19.2 Å². The molecule has 7 heteroatoms. The molecule has 0 heterocycles. The number of ether oxygens (including phenoxy) is 1. The maximum atomic E-state index is 12.3. The normalized spacial score (nSPS) is 11.2. The molecule has 2 N–H and O–H groups in total. The fraction of sp³-hybridized carbons (Fsp3) is 0.316. The van der Waals surface area contributed by atoms with Crippen molar-refractivity contribution in [2.75, 3.05) is 18.5 Å². The topological polar surface area (TPSA) is 84.5 Å². The minimum absolute atomic E-state index is 0.168. The minimum atomic E-state index is -3.57. The lowest BCUT2D eigenvalue weighted by atomic mass is 10.1. The van der Waals surface area contributed by atoms with E-state index in [1.165, 1.54) is 19.1 Å². The zero-order valence-electron chi connectivity index (χ0n) is 15.0. The Morgan fingerprint density at radius 1 is 1.08 bits per heavy atom. The summed E-state index contributed by atoms with van der Waals surface area (Å²) in [6.45, 7) is 4.26. The second kappa shape index (κ2) is 9.35. The van der Waals surface area contributed by atoms with Crippen LogP contribution >= 0.6 is 0 Å². The molecule has 2 rings (SSSR count). The molecule has 140 valence electrons. The maximum Gasteiger partial charge on any atom is 0.240 e. The van der Waals surface area contributed by atoms with E-state index in [2.05, 4.69) is 10.0 Å². The van der Waals surface area contributed by atoms with Crippen LogP contribution in [0.2, 0.25) is 0 Å². The number of hydrogen-bond donors (Lipinski definition) is 2. The van der Waals surface area contributed by atoms with Crippen molar-refractivity contribution in [2.45, 2.75) is 31.6 Å². The quantitative estimate of drug-likeness (QED) is 0.659. The highest BCUT2D eigenvalue weighted by molar-refractivity contribution is 7.89. The molecule has 0 saturated heterocycles. The van der Waals surface area contributed by atoms with Crippen LogP contribution in [0.25, 0.3) is 0 Å². The Morgan fingerprint density at radius 3 is 2.42 bits per heavy atom. The van der Waals surface area contributed by atoms with Gasteiger partial charge in [0.15, 0.2) is 0 Å². The molecule has 2 aromatic rings. The molecule has 0 aliphatic carbocycles. The summed E-state index contributed by atoms with van der Waals surface area (Å²) in [5.74, 6) is 0.637. The van der Waals surface area contributed by atoms with Gasteiger partial charge < -0.3 is 10.1 Å². The van der Waals surface area contributed by atoms with Crippen molar-refractivity contribution >= 4 is 21.6 Å². The van der Waals surface area contributed by atoms with Crippen molar-refractivity contribution in [2.24, 2.45) is 0 Å². The summed E-state index contributed by atoms with van der Waals surface area (Å²) >= 11 is 0. The number of hydrogen-bond acceptors (Lipinski definition) is 4. The Morgan fingerprint density at radius 2 is 1.77 bits per heavy atom. The lowest BCUT2D eigenvalue weighted by Gasteiger charge is -2.11. The highest BCUT2D eigenvalue weighted by Gasteiger charge is 2.13. The van der Waals surface area contributed by atoms with Gasteiger partial charge in [0.05, 0.1) is 11.5 Å². The summed E-state index contributed by atoms with van der Waals surface area (Å²) in [6, 6.07) is 13.8. The van der Waals surface area contributed by atoms with Crippen molar-refractivity contribution in [3.8, 4) is 5.75 Å². The SMILES string of the molecule is CCOc1ccccc1CCCNS(=O)(=O)c1ccc(NC(C)=O)cc1. The highest BCUT2D eigenvalue weighted by atomic mass is 32.2. The van der Waals surface area contributed by atoms with E-state index < -0.39 is 10.0 Å². The Kier molecular flexibility index (Phi) is 7.17. The molecule has 0 fully saturated rings. The van der Waals surface area contributed by atoms with Gasteiger partial charge in [-0.15, -0.1) is 0 Å². The van der Waals surface area contributed by atoms with Crippen LogP contribution in [-0.2, 0) is 21.2 Å². The first-order chi connectivity index (χ1) is 12.4. The molecule has 0 atom stereocenters. The van der Waals surface area contributed by atoms with E-state index in [0.717, 1.165) is 17.7 Å². The molecule has 1 amide bonds. The number of anilines is 1. The number of nitrogens with one attached hydrogen (secondary N) is 2. The van der Waals surface area contributed by atoms with Crippen LogP contribution in [-0.4, -0.2) is 27.5 Å². The fourth-order valence-corrected chi connectivity index (χ4v) is 3.57. The lowest BCUT2D eigenvalue weighted by Crippen LogP contribution is -2.25. The van der Waals surface area contributed by atoms with E-state index in [1.807, 2.05) is 31.2 Å². The third-order valence-electron chi connectivity index (χ3n) is 3.67. The number of sulfonamides is 1. The largest absolute Gasteiger partial charge is 0.494 e. The molecule has 0 aromatic heterocycles. The summed E-state index contributed by atoms with van der Waals surface area (Å²) in [7, 11) is -3.57. The zero-order chi connectivity index (χ0) is 19.0. The number of benzene rings is 2. The van der Waals surface area contributed by atoms with Crippen molar-refractivity contribution in [3.63, 3.8) is 0 Å². The molecule has 0 unspecified atom stereocenters. The summed E-state index contributed by atoms with van der Waals surface area (Å²) in [6.07, 6.45) is 1.38. The number of para-hydroxylation sites is 1. The molecule has 0 spiro atoms. The molecular weight excluding hydrogens is 352 g/mol. The molecule has 0 saturated carbocycles. The second-order valence-corrected chi connectivity index (χ2v) is 7.51. The van der Waals surface area contributed by atoms with E-state index in [1.54, 1.807) is 12.1 Å². The van der Waals surface area contributed by atoms with Crippen molar-refractivity contribution in [3.05, 3.63) is 54.1 Å². The molecule has 0 aliphatic heterocycles. The molecule has 6 nitrogen and oxygen atoms in total. The minimum Gasteiger partial charge on any atom is -0.494 e. The number of aryl methyl sites for hydroxylation is 1. The first-order valence-corrected chi connectivity index (χ1v) is 9.98. The zero-order valence-corrected chi connectivity index (χ0v) is 15.8. The monoisotopic (exact) mass is 376 g/mol. The van der Waals surface area contributed by atoms with Crippen molar-refractivity contribution in [1.29, 1.82) is 0 Å². The van der Waals surface area contributed by atoms with Crippen LogP contribution < -0.4 is 14.8 Å². The number of rotatable bonds is 9. The van der Waals surface area contributed by atoms with Gasteiger partial charge in [-0.2, -0.15) is 0 Å². The predicted molar refractivity (Wildman–Crippen MR) is 102 cm³/mol. The lowest BCUT2D eigenvalue weighted by molar-refractivity contribution is -0.114. The van der Waals surface area contributed by atoms with Crippen LogP contribution in [0.5, 0.6) is 5.75 Å². The Bertz CT molecular complexity index is 833. The number of amides is 1. The average Bonchev–Trinajstić information content (AvgIpc) is 2.60. The van der Waals surface area contributed by atoms with Gasteiger partial charge in [0.2, 0.25) is 15.9 Å². The van der Waals surface area contributed by atoms with Crippen molar-refractivity contribution < 1.29 is 17.9 Å². The maximum absolute atomic E-state index is 12.3. The standard InChI is InChI=1S/C19H24N2O4S/c1-3-25-19-9-5-4-7-16(19)8-6-14-20-26(23,24)18-12-10-17(11-13-18)21-15(2)22/h4-5,7,9-13,20H,3,6,8,14H2,1-2H3,(H,21,22). The average molecular weight is 376 g/mol. The van der Waals surface area contributed by atoms with E-state index in [4.69, 9.17) is 4.74 Å². The van der Waals surface area contributed by atoms with Gasteiger partial charge in [-0.1, -0.05) is 18.2 Å². The van der Waals surface area contributed by atoms with Gasteiger partial charge in [-0.05, 0) is 55.7 Å². The molecule has 0 radical (unpaired) electrons. The van der Waals surface area contributed by atoms with Gasteiger partial charge in [-0.25, -0.2) is 13.1 Å². The van der Waals surface area contributed by atoms with E-state index in [-0.39, 0.29) is 10.8 Å². The van der Waals surface area contributed by atoms with Crippen LogP contribution in [0.4, 0.5) is 5.69 Å². The second-order valence-electron chi connectivity index (χ2n) is 5.75. The molecule has 0 bridgehead atoms.